The van der Waals surface area contributed by atoms with Crippen LogP contribution in [-0.4, -0.2) is 68.4 Å². The normalized spacial score (nSPS) is 18.0. The lowest BCUT2D eigenvalue weighted by Crippen LogP contribution is -2.51. The Morgan fingerprint density at radius 1 is 0.849 bits per heavy atom. The van der Waals surface area contributed by atoms with Crippen molar-refractivity contribution in [3.05, 3.63) is 84.9 Å². The van der Waals surface area contributed by atoms with Gasteiger partial charge in [0.05, 0.1) is 13.7 Å². The van der Waals surface area contributed by atoms with E-state index in [4.69, 9.17) is 18.9 Å². The quantitative estimate of drug-likeness (QED) is 0.107. The fraction of sp³-hybridized carbons (Fsp3) is 0.381. The molecule has 1 aliphatic heterocycles. The minimum atomic E-state index is -0.984. The van der Waals surface area contributed by atoms with Crippen molar-refractivity contribution >= 4 is 45.4 Å². The molecule has 53 heavy (non-hydrogen) atoms. The van der Waals surface area contributed by atoms with Gasteiger partial charge in [-0.1, -0.05) is 72.8 Å². The first-order valence-corrected chi connectivity index (χ1v) is 18.1. The van der Waals surface area contributed by atoms with Crippen molar-refractivity contribution in [2.75, 3.05) is 26.9 Å². The third-order valence-electron chi connectivity index (χ3n) is 8.75. The first-order chi connectivity index (χ1) is 25.5. The van der Waals surface area contributed by atoms with Gasteiger partial charge in [-0.2, -0.15) is 0 Å². The molecule has 0 aliphatic carbocycles. The van der Waals surface area contributed by atoms with Crippen LogP contribution in [-0.2, 0) is 23.9 Å². The summed E-state index contributed by atoms with van der Waals surface area (Å²) < 4.78 is 23.1. The van der Waals surface area contributed by atoms with Gasteiger partial charge in [0.15, 0.2) is 0 Å². The molecular formula is C42H51N3O8. The van der Waals surface area contributed by atoms with Crippen molar-refractivity contribution < 1.29 is 39.6 Å². The van der Waals surface area contributed by atoms with Gasteiger partial charge in [0.25, 0.3) is 0 Å². The lowest BCUT2D eigenvalue weighted by molar-refractivity contribution is -0.145. The maximum atomic E-state index is 13.5. The number of benzene rings is 4. The number of carbonyl (C=O) groups is 4. The van der Waals surface area contributed by atoms with Crippen LogP contribution in [0.4, 0.5) is 4.79 Å². The Labute approximate surface area is 311 Å². The van der Waals surface area contributed by atoms with Crippen molar-refractivity contribution in [3.63, 3.8) is 0 Å². The maximum Gasteiger partial charge on any atom is 0.407 e. The fourth-order valence-corrected chi connectivity index (χ4v) is 6.25. The number of hydrogen-bond acceptors (Lipinski definition) is 8. The van der Waals surface area contributed by atoms with Crippen LogP contribution in [0.2, 0.25) is 0 Å². The molecule has 0 spiro atoms. The average molecular weight is 727 g/mol. The number of esters is 1. The van der Waals surface area contributed by atoms with Gasteiger partial charge in [0, 0.05) is 25.5 Å². The number of methoxy groups -OCH3 is 1. The summed E-state index contributed by atoms with van der Waals surface area (Å²) in [6.07, 6.45) is 5.02. The number of rotatable bonds is 6. The standard InChI is InChI=1S/C42H49N3O8.H2/c1-42(2,3)53-41(49)43-25-11-9-18-32-39(47)45-33(40(48)50-4)19-10-12-26-51-34-23-21-28-14-5-7-16-30(28)37(34)38-31-17-8-6-15-29(31)22-24-35(38)52-27-13-20-36(46)44-32;/h5-8,10,12,14-17,21-24,32-33H,9,11,13,18-20,25-27H2,1-4H3,(H,43,49)(H,44,46)(H,45,47);1H/b12-10+;/t32-,33+;/m1./s1/i;1+1. The van der Waals surface area contributed by atoms with Crippen molar-refractivity contribution in [1.82, 2.24) is 16.0 Å². The van der Waals surface area contributed by atoms with Crippen LogP contribution in [0.3, 0.4) is 0 Å². The van der Waals surface area contributed by atoms with Gasteiger partial charge in [-0.15, -0.1) is 0 Å². The number of fused-ring (bicyclic) bond motifs is 7. The molecule has 0 unspecified atom stereocenters. The van der Waals surface area contributed by atoms with Crippen LogP contribution in [0.1, 0.15) is 60.7 Å². The van der Waals surface area contributed by atoms with Crippen LogP contribution < -0.4 is 25.4 Å². The molecule has 0 saturated heterocycles. The predicted octanol–water partition coefficient (Wildman–Crippen LogP) is 7.24. The fourth-order valence-electron chi connectivity index (χ4n) is 6.25. The topological polar surface area (TPSA) is 141 Å². The highest BCUT2D eigenvalue weighted by atomic mass is 16.6. The second-order valence-electron chi connectivity index (χ2n) is 13.9. The molecule has 0 bridgehead atoms. The average Bonchev–Trinajstić information content (AvgIpc) is 3.13. The lowest BCUT2D eigenvalue weighted by atomic mass is 9.92. The van der Waals surface area contributed by atoms with E-state index < -0.39 is 35.7 Å². The van der Waals surface area contributed by atoms with Gasteiger partial charge in [-0.25, -0.2) is 9.59 Å². The molecule has 0 fully saturated rings. The van der Waals surface area contributed by atoms with E-state index in [-0.39, 0.29) is 39.8 Å². The summed E-state index contributed by atoms with van der Waals surface area (Å²) in [6.45, 7) is 6.14. The largest absolute Gasteiger partial charge is 0.493 e. The number of nitrogens with one attached hydrogen (secondary N) is 3. The number of carbonyl (C=O) groups excluding carboxylic acids is 4. The molecular weight excluding hydrogens is 674 g/mol. The molecule has 5 rings (SSSR count). The van der Waals surface area contributed by atoms with Crippen LogP contribution in [0.15, 0.2) is 84.9 Å². The number of unbranched alkanes of at least 4 members (excludes halogenated alkanes) is 1. The number of amides is 3. The van der Waals surface area contributed by atoms with Gasteiger partial charge in [-0.05, 0) is 86.6 Å². The Hall–Kier alpha value is -5.58. The molecule has 2 atom stereocenters. The molecule has 282 valence electrons. The minimum absolute atomic E-state index is 0. The Bertz CT molecular complexity index is 1960. The second kappa shape index (κ2) is 18.3. The summed E-state index contributed by atoms with van der Waals surface area (Å²) in [4.78, 5) is 51.6. The molecule has 4 aromatic carbocycles. The van der Waals surface area contributed by atoms with Crippen molar-refractivity contribution in [3.8, 4) is 22.6 Å². The summed E-state index contributed by atoms with van der Waals surface area (Å²) in [5, 5.41) is 12.4. The van der Waals surface area contributed by atoms with E-state index in [0.717, 1.165) is 32.7 Å². The molecule has 0 aromatic heterocycles. The van der Waals surface area contributed by atoms with E-state index in [1.54, 1.807) is 32.9 Å². The van der Waals surface area contributed by atoms with E-state index in [0.29, 0.717) is 37.3 Å². The third kappa shape index (κ3) is 10.7. The number of hydrogen-bond donors (Lipinski definition) is 3. The highest BCUT2D eigenvalue weighted by molar-refractivity contribution is 6.09. The van der Waals surface area contributed by atoms with Gasteiger partial charge in [-0.3, -0.25) is 9.59 Å². The zero-order valence-corrected chi connectivity index (χ0v) is 30.9. The van der Waals surface area contributed by atoms with E-state index >= 15 is 0 Å². The Kier molecular flexibility index (Phi) is 13.3. The van der Waals surface area contributed by atoms with Crippen LogP contribution in [0.25, 0.3) is 32.7 Å². The smallest absolute Gasteiger partial charge is 0.407 e. The highest BCUT2D eigenvalue weighted by Crippen LogP contribution is 2.45. The van der Waals surface area contributed by atoms with Gasteiger partial charge in [0.2, 0.25) is 11.8 Å². The van der Waals surface area contributed by atoms with Crippen LogP contribution in [0.5, 0.6) is 11.5 Å². The van der Waals surface area contributed by atoms with Crippen LogP contribution >= 0.6 is 0 Å². The zero-order valence-electron chi connectivity index (χ0n) is 30.9. The summed E-state index contributed by atoms with van der Waals surface area (Å²) in [7, 11) is 1.26. The lowest BCUT2D eigenvalue weighted by Gasteiger charge is -2.22. The molecule has 3 N–H and O–H groups in total. The molecule has 3 amide bonds. The molecule has 11 heteroatoms. The van der Waals surface area contributed by atoms with Gasteiger partial charge in [0.1, 0.15) is 35.8 Å². The molecule has 4 aromatic rings. The summed E-state index contributed by atoms with van der Waals surface area (Å²) in [6, 6.07) is 22.3. The second-order valence-corrected chi connectivity index (χ2v) is 13.9. The van der Waals surface area contributed by atoms with Crippen molar-refractivity contribution in [1.29, 1.82) is 0 Å². The highest BCUT2D eigenvalue weighted by Gasteiger charge is 2.27. The first kappa shape index (κ1) is 38.6. The predicted molar refractivity (Wildman–Crippen MR) is 207 cm³/mol. The van der Waals surface area contributed by atoms with Gasteiger partial charge < -0.3 is 34.9 Å². The SMILES string of the molecule is COC(=O)[C@@H]1C/C=C/COc2ccc3ccccc3c2-c2c(ccc3ccccc23)OCCCC(=O)N[C@H](CCCCNC(=O)OC(C)(C)C)C(=O)N1.[2HH]. The van der Waals surface area contributed by atoms with E-state index in [1.807, 2.05) is 48.5 Å². The number of ether oxygens (including phenoxy) is 4. The first-order valence-electron chi connectivity index (χ1n) is 18.1. The molecule has 0 saturated carbocycles. The van der Waals surface area contributed by atoms with Crippen LogP contribution in [0, 0.1) is 0 Å². The molecule has 11 nitrogen and oxygen atoms in total. The Morgan fingerprint density at radius 3 is 2.13 bits per heavy atom. The van der Waals surface area contributed by atoms with Crippen molar-refractivity contribution in [2.45, 2.75) is 77.0 Å². The van der Waals surface area contributed by atoms with E-state index in [9.17, 15) is 19.2 Å². The monoisotopic (exact) mass is 726 g/mol. The third-order valence-corrected chi connectivity index (χ3v) is 8.75. The summed E-state index contributed by atoms with van der Waals surface area (Å²) >= 11 is 0. The number of alkyl carbamates (subject to hydrolysis) is 1. The zero-order chi connectivity index (χ0) is 37.8. The Morgan fingerprint density at radius 2 is 1.49 bits per heavy atom. The van der Waals surface area contributed by atoms with E-state index in [1.165, 1.54) is 7.11 Å². The van der Waals surface area contributed by atoms with Crippen molar-refractivity contribution in [2.24, 2.45) is 0 Å². The molecule has 1 heterocycles. The summed E-state index contributed by atoms with van der Waals surface area (Å²) in [5.74, 6) is -0.115. The minimum Gasteiger partial charge on any atom is -0.493 e. The summed E-state index contributed by atoms with van der Waals surface area (Å²) in [5.41, 5.74) is 1.17. The van der Waals surface area contributed by atoms with Gasteiger partial charge >= 0.3 is 12.1 Å². The van der Waals surface area contributed by atoms with E-state index in [2.05, 4.69) is 40.2 Å². The molecule has 1 aliphatic rings. The maximum absolute atomic E-state index is 13.5. The Balaban J connectivity index is 0.00000650. The molecule has 0 radical (unpaired) electrons.